The summed E-state index contributed by atoms with van der Waals surface area (Å²) in [6.07, 6.45) is 0.0391. The SMILES string of the molecule is [2H]CCNC(=O)[C@H]1O[C@H](n2cnc3c(NCC(c4ccccc4)c4ccccc4)nc(N[C@@H]4CCCC[C@H]4N)nc32)[C@H](O)[C@@H]1O. The molecule has 6 rings (SSSR count). The number of carbonyl (C=O) groups is 1. The highest BCUT2D eigenvalue weighted by atomic mass is 16.6. The molecule has 6 atom stereocenters. The smallest absolute Gasteiger partial charge is 0.252 e. The molecule has 1 aliphatic carbocycles. The van der Waals surface area contributed by atoms with Crippen LogP contribution < -0.4 is 21.7 Å². The molecule has 1 saturated heterocycles. The summed E-state index contributed by atoms with van der Waals surface area (Å²) in [5.74, 6) is 0.253. The molecule has 1 saturated carbocycles. The molecule has 44 heavy (non-hydrogen) atoms. The molecule has 0 unspecified atom stereocenters. The first-order chi connectivity index (χ1) is 21.9. The maximum atomic E-state index is 12.6. The van der Waals surface area contributed by atoms with Crippen molar-refractivity contribution >= 4 is 28.8 Å². The van der Waals surface area contributed by atoms with Crippen LogP contribution in [-0.4, -0.2) is 79.1 Å². The molecule has 0 bridgehead atoms. The Labute approximate surface area is 257 Å². The number of aliphatic hydroxyl groups excluding tert-OH is 2. The molecule has 12 nitrogen and oxygen atoms in total. The van der Waals surface area contributed by atoms with Gasteiger partial charge >= 0.3 is 0 Å². The van der Waals surface area contributed by atoms with Gasteiger partial charge in [-0.15, -0.1) is 0 Å². The maximum Gasteiger partial charge on any atom is 0.252 e. The second-order valence-corrected chi connectivity index (χ2v) is 11.4. The van der Waals surface area contributed by atoms with Crippen LogP contribution in [-0.2, 0) is 9.53 Å². The summed E-state index contributed by atoms with van der Waals surface area (Å²) in [7, 11) is 0. The summed E-state index contributed by atoms with van der Waals surface area (Å²) >= 11 is 0. The molecule has 3 heterocycles. The number of aliphatic hydroxyl groups is 2. The number of hydrogen-bond acceptors (Lipinski definition) is 10. The third kappa shape index (κ3) is 6.11. The van der Waals surface area contributed by atoms with Crippen molar-refractivity contribution in [2.45, 2.75) is 75.1 Å². The van der Waals surface area contributed by atoms with Gasteiger partial charge in [-0.2, -0.15) is 9.97 Å². The van der Waals surface area contributed by atoms with Crippen LogP contribution in [0.4, 0.5) is 11.8 Å². The van der Waals surface area contributed by atoms with E-state index in [9.17, 15) is 15.0 Å². The molecular weight excluding hydrogens is 560 g/mol. The standard InChI is InChI=1S/C32H40N8O4/c1-2-34-30(43)27-25(41)26(42)31(44-27)40-18-36-24-28(38-32(39-29(24)40)37-23-16-10-9-15-22(23)33)35-17-21(19-11-5-3-6-12-19)20-13-7-4-8-14-20/h3-8,11-14,18,21-23,25-27,31,41-42H,2,9-10,15-17,33H2,1H3,(H,34,43)(H2,35,37,38,39)/t22-,23-,25+,26-,27+,31+/m1/s1/i1D. The van der Waals surface area contributed by atoms with E-state index in [1.165, 1.54) is 10.9 Å². The maximum absolute atomic E-state index is 12.6. The number of anilines is 2. The van der Waals surface area contributed by atoms with Crippen LogP contribution in [0.1, 0.15) is 57.2 Å². The number of likely N-dealkylation sites (N-methyl/N-ethyl adjacent to an activating group) is 1. The summed E-state index contributed by atoms with van der Waals surface area (Å²) in [6.45, 7) is 0.595. The molecule has 232 valence electrons. The Balaban J connectivity index is 1.35. The molecule has 2 aliphatic rings. The van der Waals surface area contributed by atoms with Crippen molar-refractivity contribution < 1.29 is 21.1 Å². The third-order valence-corrected chi connectivity index (χ3v) is 8.50. The molecule has 4 aromatic rings. The molecule has 1 aliphatic heterocycles. The topological polar surface area (TPSA) is 172 Å². The van der Waals surface area contributed by atoms with E-state index < -0.39 is 30.4 Å². The fourth-order valence-corrected chi connectivity index (χ4v) is 6.12. The van der Waals surface area contributed by atoms with Gasteiger partial charge in [-0.25, -0.2) is 4.98 Å². The number of hydrogen-bond donors (Lipinski definition) is 6. The summed E-state index contributed by atoms with van der Waals surface area (Å²) in [5, 5.41) is 31.2. The number of ether oxygens (including phenoxy) is 1. The highest BCUT2D eigenvalue weighted by molar-refractivity contribution is 5.85. The number of nitrogens with zero attached hydrogens (tertiary/aromatic N) is 4. The Morgan fingerprint density at radius 3 is 2.45 bits per heavy atom. The first-order valence-corrected chi connectivity index (χ1v) is 15.1. The van der Waals surface area contributed by atoms with Crippen LogP contribution in [0.15, 0.2) is 67.0 Å². The Bertz CT molecular complexity index is 1540. The van der Waals surface area contributed by atoms with Crippen molar-refractivity contribution in [1.29, 1.82) is 0 Å². The fraction of sp³-hybridized carbons (Fsp3) is 0.438. The predicted octanol–water partition coefficient (Wildman–Crippen LogP) is 2.51. The first kappa shape index (κ1) is 28.7. The van der Waals surface area contributed by atoms with E-state index in [0.717, 1.165) is 36.8 Å². The number of benzene rings is 2. The molecule has 7 N–H and O–H groups in total. The zero-order chi connectivity index (χ0) is 31.3. The average Bonchev–Trinajstić information content (AvgIpc) is 3.62. The van der Waals surface area contributed by atoms with Crippen molar-refractivity contribution in [2.24, 2.45) is 5.73 Å². The van der Waals surface area contributed by atoms with Gasteiger partial charge < -0.3 is 36.6 Å². The molecule has 2 aromatic heterocycles. The molecular formula is C32H40N8O4. The van der Waals surface area contributed by atoms with Gasteiger partial charge in [0, 0.05) is 32.5 Å². The van der Waals surface area contributed by atoms with Gasteiger partial charge in [-0.05, 0) is 30.9 Å². The highest BCUT2D eigenvalue weighted by Crippen LogP contribution is 2.34. The first-order valence-electron chi connectivity index (χ1n) is 15.8. The lowest BCUT2D eigenvalue weighted by atomic mass is 9.91. The minimum Gasteiger partial charge on any atom is -0.387 e. The number of aromatic nitrogens is 4. The Morgan fingerprint density at radius 2 is 1.77 bits per heavy atom. The molecule has 2 aromatic carbocycles. The lowest BCUT2D eigenvalue weighted by molar-refractivity contribution is -0.137. The van der Waals surface area contributed by atoms with E-state index in [0.29, 0.717) is 29.5 Å². The monoisotopic (exact) mass is 601 g/mol. The number of rotatable bonds is 10. The Hall–Kier alpha value is -4.10. The minimum absolute atomic E-state index is 0.0120. The van der Waals surface area contributed by atoms with E-state index >= 15 is 0 Å². The minimum atomic E-state index is -1.48. The predicted molar refractivity (Wildman–Crippen MR) is 167 cm³/mol. The molecule has 12 heteroatoms. The summed E-state index contributed by atoms with van der Waals surface area (Å²) in [5.41, 5.74) is 9.54. The van der Waals surface area contributed by atoms with E-state index in [2.05, 4.69) is 45.2 Å². The fourth-order valence-electron chi connectivity index (χ4n) is 6.12. The second kappa shape index (κ2) is 13.3. The van der Waals surface area contributed by atoms with Gasteiger partial charge in [0.1, 0.15) is 12.2 Å². The molecule has 1 amide bonds. The Morgan fingerprint density at radius 1 is 1.07 bits per heavy atom. The second-order valence-electron chi connectivity index (χ2n) is 11.4. The number of nitrogens with one attached hydrogen (secondary N) is 3. The summed E-state index contributed by atoms with van der Waals surface area (Å²) in [6, 6.07) is 20.4. The summed E-state index contributed by atoms with van der Waals surface area (Å²) in [4.78, 5) is 26.8. The number of carbonyl (C=O) groups excluding carboxylic acids is 1. The zero-order valence-corrected chi connectivity index (χ0v) is 24.4. The quantitative estimate of drug-likeness (QED) is 0.159. The number of amides is 1. The van der Waals surface area contributed by atoms with Crippen molar-refractivity contribution in [3.63, 3.8) is 0 Å². The van der Waals surface area contributed by atoms with Crippen LogP contribution in [0.25, 0.3) is 11.2 Å². The van der Waals surface area contributed by atoms with Crippen molar-refractivity contribution in [2.75, 3.05) is 23.7 Å². The van der Waals surface area contributed by atoms with E-state index in [-0.39, 0.29) is 31.4 Å². The average molecular weight is 602 g/mol. The van der Waals surface area contributed by atoms with Gasteiger partial charge in [-0.3, -0.25) is 9.36 Å². The molecule has 2 fully saturated rings. The van der Waals surface area contributed by atoms with E-state index in [4.69, 9.17) is 21.8 Å². The zero-order valence-electron chi connectivity index (χ0n) is 25.4. The van der Waals surface area contributed by atoms with Crippen LogP contribution in [0.3, 0.4) is 0 Å². The lowest BCUT2D eigenvalue weighted by Gasteiger charge is -2.29. The van der Waals surface area contributed by atoms with Crippen LogP contribution >= 0.6 is 0 Å². The highest BCUT2D eigenvalue weighted by Gasteiger charge is 2.47. The van der Waals surface area contributed by atoms with Crippen molar-refractivity contribution in [3.05, 3.63) is 78.1 Å². The van der Waals surface area contributed by atoms with E-state index in [1.54, 1.807) is 0 Å². The van der Waals surface area contributed by atoms with Crippen molar-refractivity contribution in [1.82, 2.24) is 24.8 Å². The van der Waals surface area contributed by atoms with Gasteiger partial charge in [0.05, 0.1) is 6.33 Å². The largest absolute Gasteiger partial charge is 0.387 e. The van der Waals surface area contributed by atoms with E-state index in [1.807, 2.05) is 36.4 Å². The number of imidazole rings is 1. The van der Waals surface area contributed by atoms with Gasteiger partial charge in [0.25, 0.3) is 5.91 Å². The third-order valence-electron chi connectivity index (χ3n) is 8.50. The van der Waals surface area contributed by atoms with Gasteiger partial charge in [-0.1, -0.05) is 73.5 Å². The molecule has 0 radical (unpaired) electrons. The van der Waals surface area contributed by atoms with Gasteiger partial charge in [0.2, 0.25) is 5.95 Å². The molecule has 0 spiro atoms. The Kier molecular flexibility index (Phi) is 8.64. The lowest BCUT2D eigenvalue weighted by Crippen LogP contribution is -2.43. The van der Waals surface area contributed by atoms with Crippen LogP contribution in [0, 0.1) is 0 Å². The number of fused-ring (bicyclic) bond motifs is 1. The van der Waals surface area contributed by atoms with Gasteiger partial charge in [0.15, 0.2) is 29.3 Å². The summed E-state index contributed by atoms with van der Waals surface area (Å²) < 4.78 is 14.7. The van der Waals surface area contributed by atoms with Crippen LogP contribution in [0.2, 0.25) is 0 Å². The van der Waals surface area contributed by atoms with Crippen molar-refractivity contribution in [3.8, 4) is 0 Å². The number of nitrogens with two attached hydrogens (primary N) is 1. The van der Waals surface area contributed by atoms with Crippen LogP contribution in [0.5, 0.6) is 0 Å². The normalized spacial score (nSPS) is 25.6.